The summed E-state index contributed by atoms with van der Waals surface area (Å²) in [5, 5.41) is 11.5. The van der Waals surface area contributed by atoms with Gasteiger partial charge in [-0.2, -0.15) is 0 Å². The minimum Gasteiger partial charge on any atom is -0.462 e. The molecule has 1 unspecified atom stereocenters. The fraction of sp³-hybridized carbons (Fsp3) is 0.273. The normalized spacial score (nSPS) is 11.7. The zero-order chi connectivity index (χ0) is 22.2. The van der Waals surface area contributed by atoms with Crippen LogP contribution in [0.4, 0.5) is 11.6 Å². The Bertz CT molecular complexity index is 1020. The number of amides is 1. The van der Waals surface area contributed by atoms with Crippen LogP contribution in [0.25, 0.3) is 0 Å². The average molecular weight is 440 g/mol. The molecule has 0 saturated carbocycles. The molecule has 0 aliphatic heterocycles. The van der Waals surface area contributed by atoms with Crippen LogP contribution in [0.5, 0.6) is 0 Å². The molecule has 162 valence electrons. The lowest BCUT2D eigenvalue weighted by molar-refractivity contribution is -0.118. The Morgan fingerprint density at radius 3 is 2.52 bits per heavy atom. The summed E-state index contributed by atoms with van der Waals surface area (Å²) in [4.78, 5) is 24.5. The number of carbonyl (C=O) groups excluding carboxylic acids is 2. The number of hydrogen-bond acceptors (Lipinski definition) is 7. The van der Waals surface area contributed by atoms with Crippen LogP contribution in [0.15, 0.2) is 59.8 Å². The number of nitrogen functional groups attached to an aromatic ring is 1. The maximum absolute atomic E-state index is 12.8. The van der Waals surface area contributed by atoms with Gasteiger partial charge in [-0.05, 0) is 50.1 Å². The summed E-state index contributed by atoms with van der Waals surface area (Å²) >= 11 is 1.50. The fourth-order valence-electron chi connectivity index (χ4n) is 2.92. The van der Waals surface area contributed by atoms with Crippen LogP contribution in [-0.2, 0) is 16.0 Å². The van der Waals surface area contributed by atoms with Crippen molar-refractivity contribution in [2.45, 2.75) is 31.5 Å². The van der Waals surface area contributed by atoms with E-state index in [9.17, 15) is 9.59 Å². The highest BCUT2D eigenvalue weighted by atomic mass is 32.2. The van der Waals surface area contributed by atoms with Crippen molar-refractivity contribution >= 4 is 35.3 Å². The van der Waals surface area contributed by atoms with Crippen LogP contribution in [0.3, 0.4) is 0 Å². The quantitative estimate of drug-likeness (QED) is 0.387. The largest absolute Gasteiger partial charge is 0.462 e. The highest BCUT2D eigenvalue weighted by molar-refractivity contribution is 7.99. The van der Waals surface area contributed by atoms with Crippen LogP contribution in [0.2, 0.25) is 0 Å². The van der Waals surface area contributed by atoms with Crippen LogP contribution >= 0.6 is 11.8 Å². The van der Waals surface area contributed by atoms with Gasteiger partial charge in [-0.25, -0.2) is 4.79 Å². The number of rotatable bonds is 9. The van der Waals surface area contributed by atoms with E-state index in [0.717, 1.165) is 12.2 Å². The van der Waals surface area contributed by atoms with Gasteiger partial charge in [-0.3, -0.25) is 9.36 Å². The number of aromatic nitrogens is 3. The van der Waals surface area contributed by atoms with E-state index in [2.05, 4.69) is 27.6 Å². The molecule has 2 aromatic carbocycles. The topological polar surface area (TPSA) is 112 Å². The molecule has 9 heteroatoms. The van der Waals surface area contributed by atoms with Crippen molar-refractivity contribution in [1.29, 1.82) is 0 Å². The summed E-state index contributed by atoms with van der Waals surface area (Å²) in [6.45, 7) is 3.79. The minimum absolute atomic E-state index is 0.183. The molecule has 1 aromatic heterocycles. The molecule has 31 heavy (non-hydrogen) atoms. The number of nitrogens with two attached hydrogens (primary N) is 1. The van der Waals surface area contributed by atoms with E-state index in [1.165, 1.54) is 17.3 Å². The van der Waals surface area contributed by atoms with Crippen molar-refractivity contribution in [1.82, 2.24) is 14.8 Å². The molecule has 0 bridgehead atoms. The Kier molecular flexibility index (Phi) is 7.66. The fourth-order valence-corrected chi connectivity index (χ4v) is 3.93. The Hall–Kier alpha value is -3.33. The van der Waals surface area contributed by atoms with Crippen molar-refractivity contribution in [3.63, 3.8) is 0 Å². The summed E-state index contributed by atoms with van der Waals surface area (Å²) in [6.07, 6.45) is 0.867. The van der Waals surface area contributed by atoms with Gasteiger partial charge >= 0.3 is 5.97 Å². The zero-order valence-corrected chi connectivity index (χ0v) is 18.3. The third-order valence-corrected chi connectivity index (χ3v) is 5.53. The molecule has 3 N–H and O–H groups in total. The van der Waals surface area contributed by atoms with Crippen LogP contribution < -0.4 is 11.1 Å². The number of nitrogens with one attached hydrogen (secondary N) is 1. The molecule has 0 saturated heterocycles. The molecule has 1 amide bonds. The first-order valence-corrected chi connectivity index (χ1v) is 10.9. The Balaban J connectivity index is 1.62. The van der Waals surface area contributed by atoms with Crippen molar-refractivity contribution in [2.75, 3.05) is 23.4 Å². The second-order valence-corrected chi connectivity index (χ2v) is 7.82. The maximum atomic E-state index is 12.8. The van der Waals surface area contributed by atoms with E-state index in [1.54, 1.807) is 42.7 Å². The number of esters is 1. The van der Waals surface area contributed by atoms with Crippen molar-refractivity contribution in [3.05, 3.63) is 65.7 Å². The van der Waals surface area contributed by atoms with Gasteiger partial charge in [-0.15, -0.1) is 10.2 Å². The molecule has 0 aliphatic carbocycles. The number of anilines is 2. The number of thioether (sulfide) groups is 1. The molecule has 8 nitrogen and oxygen atoms in total. The predicted molar refractivity (Wildman–Crippen MR) is 121 cm³/mol. The zero-order valence-electron chi connectivity index (χ0n) is 17.4. The lowest BCUT2D eigenvalue weighted by Gasteiger charge is -2.16. The lowest BCUT2D eigenvalue weighted by Crippen LogP contribution is -2.25. The highest BCUT2D eigenvalue weighted by Gasteiger charge is 2.22. The van der Waals surface area contributed by atoms with Crippen molar-refractivity contribution < 1.29 is 14.3 Å². The summed E-state index contributed by atoms with van der Waals surface area (Å²) in [5.74, 6) is 0.303. The Morgan fingerprint density at radius 2 is 1.84 bits per heavy atom. The summed E-state index contributed by atoms with van der Waals surface area (Å²) in [7, 11) is 0. The highest BCUT2D eigenvalue weighted by Crippen LogP contribution is 2.25. The van der Waals surface area contributed by atoms with Gasteiger partial charge < -0.3 is 15.8 Å². The third-order valence-electron chi connectivity index (χ3n) is 4.59. The SMILES string of the molecule is CCOC(=O)c1ccc(NC(=O)C(C)n2c(N)nnc2SCCc2ccccc2)cc1. The molecular weight excluding hydrogens is 414 g/mol. The van der Waals surface area contributed by atoms with E-state index < -0.39 is 12.0 Å². The van der Waals surface area contributed by atoms with Crippen molar-refractivity contribution in [2.24, 2.45) is 0 Å². The first kappa shape index (κ1) is 22.4. The van der Waals surface area contributed by atoms with Gasteiger partial charge in [0, 0.05) is 11.4 Å². The monoisotopic (exact) mass is 439 g/mol. The Labute approximate surface area is 185 Å². The van der Waals surface area contributed by atoms with E-state index in [-0.39, 0.29) is 11.9 Å². The Morgan fingerprint density at radius 1 is 1.13 bits per heavy atom. The van der Waals surface area contributed by atoms with Gasteiger partial charge in [0.15, 0.2) is 5.16 Å². The van der Waals surface area contributed by atoms with Crippen LogP contribution in [0, 0.1) is 0 Å². The maximum Gasteiger partial charge on any atom is 0.338 e. The average Bonchev–Trinajstić information content (AvgIpc) is 3.14. The molecule has 0 radical (unpaired) electrons. The molecule has 0 fully saturated rings. The number of benzene rings is 2. The van der Waals surface area contributed by atoms with Gasteiger partial charge in [-0.1, -0.05) is 42.1 Å². The van der Waals surface area contributed by atoms with Crippen LogP contribution in [-0.4, -0.2) is 39.0 Å². The second-order valence-electron chi connectivity index (χ2n) is 6.76. The number of carbonyl (C=O) groups is 2. The van der Waals surface area contributed by atoms with Gasteiger partial charge in [0.1, 0.15) is 6.04 Å². The summed E-state index contributed by atoms with van der Waals surface area (Å²) < 4.78 is 6.59. The van der Waals surface area contributed by atoms with E-state index in [0.29, 0.717) is 23.0 Å². The molecule has 1 heterocycles. The number of hydrogen-bond donors (Lipinski definition) is 2. The van der Waals surface area contributed by atoms with Crippen LogP contribution in [0.1, 0.15) is 35.8 Å². The number of nitrogens with zero attached hydrogens (tertiary/aromatic N) is 3. The summed E-state index contributed by atoms with van der Waals surface area (Å²) in [6, 6.07) is 16.1. The molecule has 3 aromatic rings. The third kappa shape index (κ3) is 5.85. The second kappa shape index (κ2) is 10.6. The first-order chi connectivity index (χ1) is 15.0. The minimum atomic E-state index is -0.612. The molecule has 3 rings (SSSR count). The summed E-state index contributed by atoms with van der Waals surface area (Å²) in [5.41, 5.74) is 8.20. The lowest BCUT2D eigenvalue weighted by atomic mass is 10.2. The van der Waals surface area contributed by atoms with E-state index in [4.69, 9.17) is 10.5 Å². The number of ether oxygens (including phenoxy) is 1. The van der Waals surface area contributed by atoms with Crippen molar-refractivity contribution in [3.8, 4) is 0 Å². The van der Waals surface area contributed by atoms with Gasteiger partial charge in [0.2, 0.25) is 11.9 Å². The first-order valence-electron chi connectivity index (χ1n) is 9.94. The molecule has 1 atom stereocenters. The molecular formula is C22H25N5O3S. The standard InChI is InChI=1S/C22H25N5O3S/c1-3-30-20(29)17-9-11-18(12-10-17)24-19(28)15(2)27-21(23)25-26-22(27)31-14-13-16-7-5-4-6-8-16/h4-12,15H,3,13-14H2,1-2H3,(H2,23,25)(H,24,28). The van der Waals surface area contributed by atoms with E-state index >= 15 is 0 Å². The number of aryl methyl sites for hydroxylation is 1. The smallest absolute Gasteiger partial charge is 0.338 e. The molecule has 0 spiro atoms. The predicted octanol–water partition coefficient (Wildman–Crippen LogP) is 3.57. The van der Waals surface area contributed by atoms with Gasteiger partial charge in [0.05, 0.1) is 12.2 Å². The van der Waals surface area contributed by atoms with E-state index in [1.807, 2.05) is 18.2 Å². The molecule has 0 aliphatic rings. The van der Waals surface area contributed by atoms with Gasteiger partial charge in [0.25, 0.3) is 0 Å².